The van der Waals surface area contributed by atoms with Crippen molar-refractivity contribution >= 4 is 6.29 Å². The third-order valence-electron chi connectivity index (χ3n) is 2.97. The maximum atomic E-state index is 10.9. The second-order valence-electron chi connectivity index (χ2n) is 3.90. The van der Waals surface area contributed by atoms with E-state index in [1.807, 2.05) is 26.0 Å². The van der Waals surface area contributed by atoms with Crippen molar-refractivity contribution in [1.29, 1.82) is 0 Å². The lowest BCUT2D eigenvalue weighted by molar-refractivity contribution is 0.110. The van der Waals surface area contributed by atoms with Crippen LogP contribution in [-0.4, -0.2) is 13.4 Å². The van der Waals surface area contributed by atoms with Gasteiger partial charge in [-0.05, 0) is 31.0 Å². The van der Waals surface area contributed by atoms with Crippen LogP contribution in [0.25, 0.3) is 11.1 Å². The molecule has 88 valence electrons. The van der Waals surface area contributed by atoms with Crippen molar-refractivity contribution in [1.82, 2.24) is 0 Å². The Morgan fingerprint density at radius 2 is 1.94 bits per heavy atom. The summed E-state index contributed by atoms with van der Waals surface area (Å²) in [7, 11) is 1.63. The van der Waals surface area contributed by atoms with Crippen LogP contribution in [0.5, 0.6) is 5.75 Å². The van der Waals surface area contributed by atoms with Gasteiger partial charge in [0, 0.05) is 11.1 Å². The van der Waals surface area contributed by atoms with E-state index in [-0.39, 0.29) is 0 Å². The fourth-order valence-corrected chi connectivity index (χ4v) is 1.90. The number of benzene rings is 1. The van der Waals surface area contributed by atoms with Gasteiger partial charge in [-0.1, -0.05) is 12.1 Å². The van der Waals surface area contributed by atoms with Crippen LogP contribution in [0.4, 0.5) is 0 Å². The SMILES string of the molecule is COc1c(-c2ccoc2C=O)ccc(C)c1C. The number of carbonyl (C=O) groups excluding carboxylic acids is 1. The largest absolute Gasteiger partial charge is 0.496 e. The van der Waals surface area contributed by atoms with Crippen LogP contribution >= 0.6 is 0 Å². The molecule has 2 aromatic rings. The highest BCUT2D eigenvalue weighted by atomic mass is 16.5. The lowest BCUT2D eigenvalue weighted by Gasteiger charge is -2.12. The molecule has 2 rings (SSSR count). The highest BCUT2D eigenvalue weighted by Gasteiger charge is 2.15. The number of methoxy groups -OCH3 is 1. The van der Waals surface area contributed by atoms with Crippen LogP contribution in [0.3, 0.4) is 0 Å². The smallest absolute Gasteiger partial charge is 0.185 e. The van der Waals surface area contributed by atoms with Gasteiger partial charge in [-0.3, -0.25) is 4.79 Å². The Balaban J connectivity index is 2.67. The summed E-state index contributed by atoms with van der Waals surface area (Å²) in [6.45, 7) is 4.02. The lowest BCUT2D eigenvalue weighted by Crippen LogP contribution is -1.94. The van der Waals surface area contributed by atoms with E-state index in [1.165, 1.54) is 6.26 Å². The summed E-state index contributed by atoms with van der Waals surface area (Å²) in [5, 5.41) is 0. The Hall–Kier alpha value is -2.03. The molecule has 0 aliphatic heterocycles. The van der Waals surface area contributed by atoms with Gasteiger partial charge in [0.15, 0.2) is 12.0 Å². The molecule has 3 heteroatoms. The van der Waals surface area contributed by atoms with Crippen molar-refractivity contribution in [3.8, 4) is 16.9 Å². The van der Waals surface area contributed by atoms with Gasteiger partial charge in [-0.2, -0.15) is 0 Å². The number of ether oxygens (including phenoxy) is 1. The third-order valence-corrected chi connectivity index (χ3v) is 2.97. The van der Waals surface area contributed by atoms with Gasteiger partial charge in [0.05, 0.1) is 13.4 Å². The van der Waals surface area contributed by atoms with Crippen molar-refractivity contribution in [2.24, 2.45) is 0 Å². The summed E-state index contributed by atoms with van der Waals surface area (Å²) in [6, 6.07) is 5.73. The van der Waals surface area contributed by atoms with Gasteiger partial charge in [0.25, 0.3) is 0 Å². The number of furan rings is 1. The fraction of sp³-hybridized carbons (Fsp3) is 0.214. The van der Waals surface area contributed by atoms with Crippen molar-refractivity contribution < 1.29 is 13.9 Å². The van der Waals surface area contributed by atoms with Crippen molar-refractivity contribution in [2.45, 2.75) is 13.8 Å². The molecular formula is C14H14O3. The van der Waals surface area contributed by atoms with Crippen molar-refractivity contribution in [3.63, 3.8) is 0 Å². The quantitative estimate of drug-likeness (QED) is 0.759. The number of hydrogen-bond acceptors (Lipinski definition) is 3. The zero-order valence-corrected chi connectivity index (χ0v) is 10.1. The van der Waals surface area contributed by atoms with Gasteiger partial charge >= 0.3 is 0 Å². The van der Waals surface area contributed by atoms with Crippen LogP contribution < -0.4 is 4.74 Å². The Morgan fingerprint density at radius 3 is 2.59 bits per heavy atom. The van der Waals surface area contributed by atoms with Gasteiger partial charge < -0.3 is 9.15 Å². The molecule has 1 aromatic heterocycles. The van der Waals surface area contributed by atoms with E-state index in [0.29, 0.717) is 12.0 Å². The summed E-state index contributed by atoms with van der Waals surface area (Å²) in [5.41, 5.74) is 3.87. The molecule has 0 fully saturated rings. The first kappa shape index (κ1) is 11.5. The third kappa shape index (κ3) is 1.84. The summed E-state index contributed by atoms with van der Waals surface area (Å²) in [5.74, 6) is 1.11. The van der Waals surface area contributed by atoms with E-state index < -0.39 is 0 Å². The lowest BCUT2D eigenvalue weighted by atomic mass is 9.99. The first-order chi connectivity index (χ1) is 8.19. The molecule has 0 saturated carbocycles. The molecule has 0 saturated heterocycles. The summed E-state index contributed by atoms with van der Waals surface area (Å²) in [4.78, 5) is 10.9. The molecule has 0 radical (unpaired) electrons. The van der Waals surface area contributed by atoms with E-state index in [1.54, 1.807) is 13.2 Å². The van der Waals surface area contributed by atoms with E-state index in [4.69, 9.17) is 9.15 Å². The molecule has 0 aliphatic carbocycles. The monoisotopic (exact) mass is 230 g/mol. The topological polar surface area (TPSA) is 39.4 Å². The Morgan fingerprint density at radius 1 is 1.18 bits per heavy atom. The first-order valence-electron chi connectivity index (χ1n) is 5.36. The predicted octanol–water partition coefficient (Wildman–Crippen LogP) is 3.38. The normalized spacial score (nSPS) is 10.3. The minimum Gasteiger partial charge on any atom is -0.496 e. The highest BCUT2D eigenvalue weighted by Crippen LogP contribution is 2.36. The van der Waals surface area contributed by atoms with Gasteiger partial charge in [-0.15, -0.1) is 0 Å². The Labute approximate surface area is 100 Å². The number of carbonyl (C=O) groups is 1. The Bertz CT molecular complexity index is 553. The van der Waals surface area contributed by atoms with Gasteiger partial charge in [0.2, 0.25) is 0 Å². The number of aldehydes is 1. The molecule has 1 aromatic carbocycles. The summed E-state index contributed by atoms with van der Waals surface area (Å²) in [6.07, 6.45) is 2.22. The van der Waals surface area contributed by atoms with Crippen LogP contribution in [0, 0.1) is 13.8 Å². The number of hydrogen-bond donors (Lipinski definition) is 0. The van der Waals surface area contributed by atoms with E-state index in [2.05, 4.69) is 0 Å². The molecule has 1 heterocycles. The van der Waals surface area contributed by atoms with Gasteiger partial charge in [-0.25, -0.2) is 0 Å². The number of rotatable bonds is 3. The summed E-state index contributed by atoms with van der Waals surface area (Å²) >= 11 is 0. The van der Waals surface area contributed by atoms with Crippen LogP contribution in [0.1, 0.15) is 21.7 Å². The second-order valence-corrected chi connectivity index (χ2v) is 3.90. The maximum absolute atomic E-state index is 10.9. The summed E-state index contributed by atoms with van der Waals surface area (Å²) < 4.78 is 10.5. The molecule has 17 heavy (non-hydrogen) atoms. The average molecular weight is 230 g/mol. The molecular weight excluding hydrogens is 216 g/mol. The minimum absolute atomic E-state index is 0.326. The Kier molecular flexibility index (Phi) is 3.00. The molecule has 0 amide bonds. The van der Waals surface area contributed by atoms with E-state index in [9.17, 15) is 4.79 Å². The first-order valence-corrected chi connectivity index (χ1v) is 5.36. The molecule has 3 nitrogen and oxygen atoms in total. The zero-order valence-electron chi connectivity index (χ0n) is 10.1. The fourth-order valence-electron chi connectivity index (χ4n) is 1.90. The van der Waals surface area contributed by atoms with Crippen molar-refractivity contribution in [3.05, 3.63) is 41.3 Å². The molecule has 0 N–H and O–H groups in total. The zero-order chi connectivity index (χ0) is 12.4. The molecule has 0 bridgehead atoms. The highest BCUT2D eigenvalue weighted by molar-refractivity contribution is 5.87. The maximum Gasteiger partial charge on any atom is 0.185 e. The van der Waals surface area contributed by atoms with Crippen molar-refractivity contribution in [2.75, 3.05) is 7.11 Å². The van der Waals surface area contributed by atoms with Crippen LogP contribution in [0.2, 0.25) is 0 Å². The van der Waals surface area contributed by atoms with E-state index in [0.717, 1.165) is 28.0 Å². The second kappa shape index (κ2) is 4.45. The molecule has 0 aliphatic rings. The minimum atomic E-state index is 0.326. The molecule has 0 unspecified atom stereocenters. The molecule has 0 spiro atoms. The number of aryl methyl sites for hydroxylation is 1. The van der Waals surface area contributed by atoms with Crippen LogP contribution in [0.15, 0.2) is 28.9 Å². The van der Waals surface area contributed by atoms with E-state index >= 15 is 0 Å². The van der Waals surface area contributed by atoms with Gasteiger partial charge in [0.1, 0.15) is 5.75 Å². The average Bonchev–Trinajstić information content (AvgIpc) is 2.80. The van der Waals surface area contributed by atoms with Crippen LogP contribution in [-0.2, 0) is 0 Å². The predicted molar refractivity (Wildman–Crippen MR) is 65.6 cm³/mol. The molecule has 0 atom stereocenters. The standard InChI is InChI=1S/C14H14O3/c1-9-4-5-12(14(16-3)10(9)2)11-6-7-17-13(11)8-15/h4-8H,1-3H3.